The third kappa shape index (κ3) is 2.66. The molecule has 1 unspecified atom stereocenters. The summed E-state index contributed by atoms with van der Waals surface area (Å²) >= 11 is 3.41. The normalized spacial score (nSPS) is 18.4. The number of imidazole rings is 1. The highest BCUT2D eigenvalue weighted by Gasteiger charge is 2.21. The van der Waals surface area contributed by atoms with Gasteiger partial charge in [0.2, 0.25) is 0 Å². The molecule has 0 aliphatic carbocycles. The van der Waals surface area contributed by atoms with Crippen molar-refractivity contribution in [1.82, 2.24) is 14.5 Å². The van der Waals surface area contributed by atoms with Crippen LogP contribution in [-0.4, -0.2) is 21.1 Å². The van der Waals surface area contributed by atoms with Gasteiger partial charge >= 0.3 is 0 Å². The van der Waals surface area contributed by atoms with Crippen LogP contribution in [0.3, 0.4) is 0 Å². The Balaban J connectivity index is 1.55. The first kappa shape index (κ1) is 13.2. The topological polar surface area (TPSA) is 39.9 Å². The van der Waals surface area contributed by atoms with E-state index in [1.807, 2.05) is 12.4 Å². The molecule has 4 nitrogen and oxygen atoms in total. The molecular weight excluding hydrogens is 302 g/mol. The van der Waals surface area contributed by atoms with Crippen LogP contribution in [-0.2, 0) is 11.3 Å². The van der Waals surface area contributed by atoms with Crippen molar-refractivity contribution >= 4 is 22.7 Å². The van der Waals surface area contributed by atoms with Crippen LogP contribution in [0.1, 0.15) is 29.6 Å². The first-order chi connectivity index (χ1) is 10.4. The van der Waals surface area contributed by atoms with Crippen molar-refractivity contribution in [3.63, 3.8) is 0 Å². The number of thiophene rings is 1. The summed E-state index contributed by atoms with van der Waals surface area (Å²) in [6, 6.07) is 4.15. The van der Waals surface area contributed by atoms with Gasteiger partial charge in [-0.2, -0.15) is 0 Å². The minimum atomic E-state index is 0.211. The Labute approximate surface area is 131 Å². The molecule has 1 aliphatic rings. The molecule has 1 atom stereocenters. The molecule has 0 saturated carbocycles. The third-order valence-corrected chi connectivity index (χ3v) is 5.42. The van der Waals surface area contributed by atoms with Crippen LogP contribution in [0.15, 0.2) is 35.3 Å². The summed E-state index contributed by atoms with van der Waals surface area (Å²) in [5.41, 5.74) is 1.08. The molecule has 6 heteroatoms. The Bertz CT molecular complexity index is 711. The van der Waals surface area contributed by atoms with Crippen molar-refractivity contribution < 1.29 is 4.74 Å². The van der Waals surface area contributed by atoms with Crippen molar-refractivity contribution in [2.24, 2.45) is 0 Å². The number of ether oxygens (including phenoxy) is 1. The quantitative estimate of drug-likeness (QED) is 0.731. The summed E-state index contributed by atoms with van der Waals surface area (Å²) < 4.78 is 7.85. The van der Waals surface area contributed by atoms with Crippen LogP contribution in [0.2, 0.25) is 0 Å². The smallest absolute Gasteiger partial charge is 0.150 e. The second kappa shape index (κ2) is 5.71. The summed E-state index contributed by atoms with van der Waals surface area (Å²) in [7, 11) is 0. The molecule has 4 heterocycles. The zero-order valence-corrected chi connectivity index (χ0v) is 13.1. The van der Waals surface area contributed by atoms with Crippen molar-refractivity contribution in [3.05, 3.63) is 46.0 Å². The molecule has 0 bridgehead atoms. The Kier molecular flexibility index (Phi) is 3.58. The molecule has 0 radical (unpaired) electrons. The van der Waals surface area contributed by atoms with Gasteiger partial charge in [-0.25, -0.2) is 9.97 Å². The summed E-state index contributed by atoms with van der Waals surface area (Å²) in [6.07, 6.45) is 6.31. The Hall–Kier alpha value is -1.50. The highest BCUT2D eigenvalue weighted by atomic mass is 32.1. The van der Waals surface area contributed by atoms with E-state index in [4.69, 9.17) is 9.72 Å². The number of hydrogen-bond acceptors (Lipinski definition) is 5. The SMILES string of the molecule is c1csc(-c2nccn2Cc2csc(C3CCCO3)n2)c1. The van der Waals surface area contributed by atoms with Gasteiger partial charge in [-0.15, -0.1) is 22.7 Å². The lowest BCUT2D eigenvalue weighted by Gasteiger charge is -2.05. The fourth-order valence-corrected chi connectivity index (χ4v) is 4.19. The van der Waals surface area contributed by atoms with Gasteiger partial charge < -0.3 is 9.30 Å². The molecule has 21 heavy (non-hydrogen) atoms. The van der Waals surface area contributed by atoms with E-state index in [1.54, 1.807) is 22.7 Å². The second-order valence-electron chi connectivity index (χ2n) is 5.03. The van der Waals surface area contributed by atoms with Gasteiger partial charge in [0.15, 0.2) is 0 Å². The standard InChI is InChI=1S/C15H15N3OS2/c1-3-12(19-7-1)15-17-11(10-21-15)9-18-6-5-16-14(18)13-4-2-8-20-13/h2,4-6,8,10,12H,1,3,7,9H2. The molecule has 0 amide bonds. The summed E-state index contributed by atoms with van der Waals surface area (Å²) in [5.74, 6) is 1.01. The fraction of sp³-hybridized carbons (Fsp3) is 0.333. The molecule has 108 valence electrons. The lowest BCUT2D eigenvalue weighted by Crippen LogP contribution is -2.02. The minimum Gasteiger partial charge on any atom is -0.371 e. The second-order valence-corrected chi connectivity index (χ2v) is 6.87. The maximum absolute atomic E-state index is 5.70. The predicted octanol–water partition coefficient (Wildman–Crippen LogP) is 3.97. The molecule has 0 aromatic carbocycles. The van der Waals surface area contributed by atoms with Gasteiger partial charge in [0.25, 0.3) is 0 Å². The monoisotopic (exact) mass is 317 g/mol. The number of hydrogen-bond donors (Lipinski definition) is 0. The summed E-state index contributed by atoms with van der Waals surface area (Å²) in [5, 5.41) is 5.32. The molecule has 1 saturated heterocycles. The molecule has 0 N–H and O–H groups in total. The molecular formula is C15H15N3OS2. The third-order valence-electron chi connectivity index (χ3n) is 3.56. The maximum Gasteiger partial charge on any atom is 0.150 e. The number of aromatic nitrogens is 3. The van der Waals surface area contributed by atoms with E-state index in [9.17, 15) is 0 Å². The Morgan fingerprint density at radius 1 is 1.38 bits per heavy atom. The van der Waals surface area contributed by atoms with Gasteiger partial charge in [0.1, 0.15) is 16.9 Å². The van der Waals surface area contributed by atoms with Crippen LogP contribution in [0.5, 0.6) is 0 Å². The van der Waals surface area contributed by atoms with Crippen LogP contribution in [0.25, 0.3) is 10.7 Å². The molecule has 3 aromatic heterocycles. The van der Waals surface area contributed by atoms with E-state index in [0.717, 1.165) is 42.5 Å². The van der Waals surface area contributed by atoms with E-state index in [1.165, 1.54) is 4.88 Å². The average molecular weight is 317 g/mol. The Morgan fingerprint density at radius 2 is 2.38 bits per heavy atom. The van der Waals surface area contributed by atoms with Gasteiger partial charge in [-0.1, -0.05) is 6.07 Å². The van der Waals surface area contributed by atoms with Gasteiger partial charge in [0.05, 0.1) is 17.1 Å². The van der Waals surface area contributed by atoms with Crippen LogP contribution >= 0.6 is 22.7 Å². The first-order valence-corrected chi connectivity index (χ1v) is 8.77. The van der Waals surface area contributed by atoms with E-state index in [0.29, 0.717) is 0 Å². The lowest BCUT2D eigenvalue weighted by atomic mass is 10.2. The highest BCUT2D eigenvalue weighted by molar-refractivity contribution is 7.13. The highest BCUT2D eigenvalue weighted by Crippen LogP contribution is 2.31. The zero-order valence-electron chi connectivity index (χ0n) is 11.4. The largest absolute Gasteiger partial charge is 0.371 e. The summed E-state index contributed by atoms with van der Waals surface area (Å²) in [4.78, 5) is 10.4. The molecule has 1 aliphatic heterocycles. The van der Waals surface area contributed by atoms with Crippen LogP contribution < -0.4 is 0 Å². The van der Waals surface area contributed by atoms with E-state index in [-0.39, 0.29) is 6.10 Å². The number of thiazole rings is 1. The van der Waals surface area contributed by atoms with Crippen molar-refractivity contribution in [1.29, 1.82) is 0 Å². The lowest BCUT2D eigenvalue weighted by molar-refractivity contribution is 0.111. The summed E-state index contributed by atoms with van der Waals surface area (Å²) in [6.45, 7) is 1.63. The van der Waals surface area contributed by atoms with Gasteiger partial charge in [-0.3, -0.25) is 0 Å². The van der Waals surface area contributed by atoms with E-state index < -0.39 is 0 Å². The predicted molar refractivity (Wildman–Crippen MR) is 84.7 cm³/mol. The van der Waals surface area contributed by atoms with Gasteiger partial charge in [-0.05, 0) is 24.3 Å². The average Bonchev–Trinajstić information content (AvgIpc) is 3.28. The number of rotatable bonds is 4. The zero-order chi connectivity index (χ0) is 14.1. The van der Waals surface area contributed by atoms with Crippen molar-refractivity contribution in [3.8, 4) is 10.7 Å². The van der Waals surface area contributed by atoms with Gasteiger partial charge in [0, 0.05) is 24.4 Å². The molecule has 0 spiro atoms. The van der Waals surface area contributed by atoms with Crippen LogP contribution in [0.4, 0.5) is 0 Å². The molecule has 4 rings (SSSR count). The van der Waals surface area contributed by atoms with E-state index in [2.05, 4.69) is 32.4 Å². The number of nitrogens with zero attached hydrogens (tertiary/aromatic N) is 3. The van der Waals surface area contributed by atoms with Crippen molar-refractivity contribution in [2.75, 3.05) is 6.61 Å². The minimum absolute atomic E-state index is 0.211. The maximum atomic E-state index is 5.70. The molecule has 3 aromatic rings. The van der Waals surface area contributed by atoms with E-state index >= 15 is 0 Å². The van der Waals surface area contributed by atoms with Crippen LogP contribution in [0, 0.1) is 0 Å². The first-order valence-electron chi connectivity index (χ1n) is 7.01. The Morgan fingerprint density at radius 3 is 3.19 bits per heavy atom. The molecule has 1 fully saturated rings. The fourth-order valence-electron chi connectivity index (χ4n) is 2.56. The van der Waals surface area contributed by atoms with Crippen molar-refractivity contribution in [2.45, 2.75) is 25.5 Å².